The molecule has 1 heterocycles. The second-order valence-corrected chi connectivity index (χ2v) is 7.03. The molecule has 3 rings (SSSR count). The fraction of sp³-hybridized carbons (Fsp3) is 0.316. The average Bonchev–Trinajstić information content (AvgIpc) is 2.62. The molecule has 0 radical (unpaired) electrons. The van der Waals surface area contributed by atoms with Gasteiger partial charge in [0.2, 0.25) is 0 Å². The van der Waals surface area contributed by atoms with E-state index in [1.54, 1.807) is 29.2 Å². The van der Waals surface area contributed by atoms with Gasteiger partial charge in [-0.05, 0) is 43.3 Å². The number of hydrogen-bond acceptors (Lipinski definition) is 2. The molecule has 6 heteroatoms. The minimum Gasteiger partial charge on any atom is -0.357 e. The molecular weight excluding hydrogens is 357 g/mol. The molecule has 1 fully saturated rings. The zero-order valence-electron chi connectivity index (χ0n) is 14.2. The monoisotopic (exact) mass is 378 g/mol. The highest BCUT2D eigenvalue weighted by molar-refractivity contribution is 6.34. The van der Waals surface area contributed by atoms with Gasteiger partial charge in [-0.2, -0.15) is 0 Å². The van der Waals surface area contributed by atoms with Crippen molar-refractivity contribution in [1.82, 2.24) is 0 Å². The molecule has 0 bridgehead atoms. The van der Waals surface area contributed by atoms with Crippen LogP contribution in [0.3, 0.4) is 0 Å². The van der Waals surface area contributed by atoms with Crippen LogP contribution in [0.5, 0.6) is 0 Å². The van der Waals surface area contributed by atoms with Gasteiger partial charge in [0.15, 0.2) is 0 Å². The van der Waals surface area contributed by atoms with Crippen LogP contribution in [0.2, 0.25) is 10.0 Å². The summed E-state index contributed by atoms with van der Waals surface area (Å²) >= 11 is 12.4. The number of nitrogens with zero attached hydrogens (tertiary/aromatic N) is 1. The van der Waals surface area contributed by atoms with Crippen LogP contribution in [-0.2, 0) is 0 Å². The number of carbonyl (C=O) groups excluding carboxylic acids is 1. The quantitative estimate of drug-likeness (QED) is 0.857. The largest absolute Gasteiger partial charge is 0.357 e. The summed E-state index contributed by atoms with van der Waals surface area (Å²) in [5.74, 6) is -0.169. The van der Waals surface area contributed by atoms with E-state index < -0.39 is 0 Å². The molecule has 2 N–H and O–H groups in total. The van der Waals surface area contributed by atoms with Gasteiger partial charge in [0.25, 0.3) is 5.91 Å². The number of rotatable bonds is 4. The van der Waals surface area contributed by atoms with Crippen LogP contribution in [0.15, 0.2) is 42.5 Å². The molecule has 0 unspecified atom stereocenters. The molecule has 0 aliphatic carbocycles. The summed E-state index contributed by atoms with van der Waals surface area (Å²) < 4.78 is 0. The van der Waals surface area contributed by atoms with Gasteiger partial charge in [-0.1, -0.05) is 29.3 Å². The number of anilines is 2. The Morgan fingerprint density at radius 1 is 1.12 bits per heavy atom. The van der Waals surface area contributed by atoms with Crippen LogP contribution in [-0.4, -0.2) is 38.6 Å². The van der Waals surface area contributed by atoms with Crippen molar-refractivity contribution in [2.75, 3.05) is 42.9 Å². The van der Waals surface area contributed by atoms with E-state index in [4.69, 9.17) is 23.2 Å². The van der Waals surface area contributed by atoms with Crippen LogP contribution in [0.1, 0.15) is 17.3 Å². The lowest BCUT2D eigenvalue weighted by atomic mass is 10.1. The van der Waals surface area contributed by atoms with Gasteiger partial charge in [0.05, 0.1) is 49.1 Å². The summed E-state index contributed by atoms with van der Waals surface area (Å²) in [4.78, 5) is 16.4. The maximum atomic E-state index is 12.6. The Hall–Kier alpha value is -1.75. The summed E-state index contributed by atoms with van der Waals surface area (Å²) in [6, 6.07) is 12.5. The number of hydrogen-bond donors (Lipinski definition) is 2. The van der Waals surface area contributed by atoms with E-state index in [1.807, 2.05) is 18.2 Å². The van der Waals surface area contributed by atoms with Crippen molar-refractivity contribution in [3.63, 3.8) is 0 Å². The van der Waals surface area contributed by atoms with E-state index in [0.29, 0.717) is 15.6 Å². The fourth-order valence-corrected chi connectivity index (χ4v) is 3.55. The Kier molecular flexibility index (Phi) is 5.84. The predicted octanol–water partition coefficient (Wildman–Crippen LogP) is 2.97. The first-order valence-electron chi connectivity index (χ1n) is 8.52. The highest BCUT2D eigenvalue weighted by Crippen LogP contribution is 2.34. The maximum absolute atomic E-state index is 12.6. The summed E-state index contributed by atoms with van der Waals surface area (Å²) in [5.41, 5.74) is 2.21. The van der Waals surface area contributed by atoms with Crippen LogP contribution in [0.25, 0.3) is 0 Å². The van der Waals surface area contributed by atoms with Crippen molar-refractivity contribution in [2.24, 2.45) is 0 Å². The van der Waals surface area contributed by atoms with Gasteiger partial charge < -0.3 is 15.1 Å². The van der Waals surface area contributed by atoms with Crippen molar-refractivity contribution in [3.05, 3.63) is 58.1 Å². The first kappa shape index (κ1) is 18.1. The van der Waals surface area contributed by atoms with Gasteiger partial charge in [-0.25, -0.2) is 0 Å². The number of quaternary nitrogens is 1. The molecule has 0 atom stereocenters. The first-order valence-corrected chi connectivity index (χ1v) is 9.28. The topological polar surface area (TPSA) is 36.8 Å². The highest BCUT2D eigenvalue weighted by Gasteiger charge is 2.23. The van der Waals surface area contributed by atoms with Gasteiger partial charge in [-0.3, -0.25) is 4.79 Å². The molecule has 4 nitrogen and oxygen atoms in total. The number of carbonyl (C=O) groups is 1. The lowest BCUT2D eigenvalue weighted by molar-refractivity contribution is -0.898. The Morgan fingerprint density at radius 3 is 2.44 bits per heavy atom. The lowest BCUT2D eigenvalue weighted by Gasteiger charge is -2.34. The van der Waals surface area contributed by atoms with E-state index in [9.17, 15) is 4.79 Å². The van der Waals surface area contributed by atoms with Gasteiger partial charge in [0.1, 0.15) is 0 Å². The summed E-state index contributed by atoms with van der Waals surface area (Å²) in [7, 11) is 0. The fourth-order valence-electron chi connectivity index (χ4n) is 3.13. The predicted molar refractivity (Wildman–Crippen MR) is 104 cm³/mol. The standard InChI is InChI=1S/C19H21Cl2N3O/c1-2-23-10-12-24(13-11-23)18-16(21)4-3-5-17(18)22-19(25)14-6-8-15(20)9-7-14/h3-9H,2,10-13H2,1H3,(H,22,25)/p+1. The van der Waals surface area contributed by atoms with E-state index in [1.165, 1.54) is 0 Å². The average molecular weight is 379 g/mol. The third kappa shape index (κ3) is 4.27. The first-order chi connectivity index (χ1) is 12.1. The van der Waals surface area contributed by atoms with Crippen molar-refractivity contribution in [2.45, 2.75) is 6.92 Å². The molecule has 1 aliphatic heterocycles. The molecule has 132 valence electrons. The third-order valence-corrected chi connectivity index (χ3v) is 5.19. The summed E-state index contributed by atoms with van der Waals surface area (Å²) in [6.45, 7) is 7.35. The number of halogens is 2. The van der Waals surface area contributed by atoms with Crippen LogP contribution < -0.4 is 15.1 Å². The zero-order valence-corrected chi connectivity index (χ0v) is 15.7. The highest BCUT2D eigenvalue weighted by atomic mass is 35.5. The second-order valence-electron chi connectivity index (χ2n) is 6.19. The molecule has 25 heavy (non-hydrogen) atoms. The normalized spacial score (nSPS) is 15.2. The number of amides is 1. The van der Waals surface area contributed by atoms with Gasteiger partial charge in [-0.15, -0.1) is 0 Å². The second kappa shape index (κ2) is 8.09. The zero-order chi connectivity index (χ0) is 17.8. The molecule has 0 aromatic heterocycles. The van der Waals surface area contributed by atoms with E-state index >= 15 is 0 Å². The summed E-state index contributed by atoms with van der Waals surface area (Å²) in [5, 5.41) is 4.26. The SMILES string of the molecule is CC[NH+]1CCN(c2c(Cl)cccc2NC(=O)c2ccc(Cl)cc2)CC1. The number of para-hydroxylation sites is 1. The van der Waals surface area contributed by atoms with Crippen LogP contribution >= 0.6 is 23.2 Å². The number of benzene rings is 2. The van der Waals surface area contributed by atoms with Crippen molar-refractivity contribution in [1.29, 1.82) is 0 Å². The number of nitrogens with one attached hydrogen (secondary N) is 2. The minimum absolute atomic E-state index is 0.169. The van der Waals surface area contributed by atoms with E-state index in [-0.39, 0.29) is 5.91 Å². The Labute approximate surface area is 158 Å². The van der Waals surface area contributed by atoms with Gasteiger partial charge >= 0.3 is 0 Å². The molecule has 2 aromatic rings. The van der Waals surface area contributed by atoms with E-state index in [0.717, 1.165) is 44.1 Å². The van der Waals surface area contributed by atoms with Crippen LogP contribution in [0, 0.1) is 0 Å². The molecule has 0 spiro atoms. The molecule has 0 saturated carbocycles. The number of piperazine rings is 1. The molecule has 1 aliphatic rings. The molecule has 2 aromatic carbocycles. The lowest BCUT2D eigenvalue weighted by Crippen LogP contribution is -3.14. The third-order valence-electron chi connectivity index (χ3n) is 4.63. The molecule has 1 saturated heterocycles. The molecule has 1 amide bonds. The molecular formula is C19H22Cl2N3O+. The Morgan fingerprint density at radius 2 is 1.80 bits per heavy atom. The van der Waals surface area contributed by atoms with Crippen LogP contribution in [0.4, 0.5) is 11.4 Å². The van der Waals surface area contributed by atoms with Crippen molar-refractivity contribution < 1.29 is 9.69 Å². The number of likely N-dealkylation sites (N-methyl/N-ethyl adjacent to an activating group) is 1. The van der Waals surface area contributed by atoms with Crippen molar-refractivity contribution >= 4 is 40.5 Å². The van der Waals surface area contributed by atoms with Crippen molar-refractivity contribution in [3.8, 4) is 0 Å². The summed E-state index contributed by atoms with van der Waals surface area (Å²) in [6.07, 6.45) is 0. The Balaban J connectivity index is 1.81. The maximum Gasteiger partial charge on any atom is 0.255 e. The van der Waals surface area contributed by atoms with E-state index in [2.05, 4.69) is 17.1 Å². The minimum atomic E-state index is -0.169. The Bertz CT molecular complexity index is 741. The van der Waals surface area contributed by atoms with Gasteiger partial charge in [0, 0.05) is 10.6 Å². The smallest absolute Gasteiger partial charge is 0.255 e.